The summed E-state index contributed by atoms with van der Waals surface area (Å²) in [4.78, 5) is 8.82. The zero-order valence-corrected chi connectivity index (χ0v) is 10.5. The van der Waals surface area contributed by atoms with Gasteiger partial charge in [0.25, 0.3) is 0 Å². The van der Waals surface area contributed by atoms with E-state index in [4.69, 9.17) is 5.73 Å². The lowest BCUT2D eigenvalue weighted by atomic mass is 10.1. The first-order valence-electron chi connectivity index (χ1n) is 5.72. The summed E-state index contributed by atoms with van der Waals surface area (Å²) in [6, 6.07) is 8.27. The van der Waals surface area contributed by atoms with E-state index in [2.05, 4.69) is 29.0 Å². The minimum atomic E-state index is 0.584. The molecule has 1 aromatic carbocycles. The quantitative estimate of drug-likeness (QED) is 0.857. The normalized spacial score (nSPS) is 10.5. The summed E-state index contributed by atoms with van der Waals surface area (Å²) in [5, 5.41) is 0. The van der Waals surface area contributed by atoms with Crippen LogP contribution in [0.15, 0.2) is 24.3 Å². The van der Waals surface area contributed by atoms with Crippen LogP contribution >= 0.6 is 0 Å². The molecule has 0 aliphatic heterocycles. The van der Waals surface area contributed by atoms with Gasteiger partial charge in [0.05, 0.1) is 0 Å². The van der Waals surface area contributed by atoms with Gasteiger partial charge in [-0.05, 0) is 31.9 Å². The summed E-state index contributed by atoms with van der Waals surface area (Å²) >= 11 is 0. The molecule has 88 valence electrons. The Bertz CT molecular complexity index is 524. The van der Waals surface area contributed by atoms with Crippen LogP contribution in [0.4, 0.5) is 5.82 Å². The molecule has 1 aromatic heterocycles. The summed E-state index contributed by atoms with van der Waals surface area (Å²) in [5.74, 6) is 1.38. The first-order chi connectivity index (χ1) is 8.08. The van der Waals surface area contributed by atoms with Crippen LogP contribution in [0.3, 0.4) is 0 Å². The highest BCUT2D eigenvalue weighted by atomic mass is 14.9. The molecule has 3 nitrogen and oxygen atoms in total. The van der Waals surface area contributed by atoms with Gasteiger partial charge in [-0.25, -0.2) is 9.97 Å². The van der Waals surface area contributed by atoms with E-state index in [-0.39, 0.29) is 0 Å². The molecule has 0 aliphatic rings. The van der Waals surface area contributed by atoms with Gasteiger partial charge in [0.15, 0.2) is 0 Å². The fourth-order valence-corrected chi connectivity index (χ4v) is 1.77. The van der Waals surface area contributed by atoms with Gasteiger partial charge in [-0.2, -0.15) is 0 Å². The number of nitrogens with two attached hydrogens (primary N) is 1. The van der Waals surface area contributed by atoms with Crippen LogP contribution in [0.1, 0.15) is 28.2 Å². The molecule has 0 atom stereocenters. The van der Waals surface area contributed by atoms with Crippen LogP contribution in [0.2, 0.25) is 0 Å². The van der Waals surface area contributed by atoms with Crippen LogP contribution in [0, 0.1) is 20.8 Å². The number of hydrogen-bond acceptors (Lipinski definition) is 3. The number of nitrogen functional groups attached to an aromatic ring is 1. The van der Waals surface area contributed by atoms with Gasteiger partial charge in [0.1, 0.15) is 11.6 Å². The van der Waals surface area contributed by atoms with Crippen molar-refractivity contribution in [2.75, 3.05) is 5.73 Å². The van der Waals surface area contributed by atoms with Crippen LogP contribution in [-0.2, 0) is 6.42 Å². The van der Waals surface area contributed by atoms with Gasteiger partial charge in [-0.3, -0.25) is 0 Å². The second-order valence-electron chi connectivity index (χ2n) is 4.34. The minimum absolute atomic E-state index is 0.584. The molecule has 2 rings (SSSR count). The van der Waals surface area contributed by atoms with E-state index < -0.39 is 0 Å². The number of aromatic nitrogens is 2. The molecule has 0 spiro atoms. The van der Waals surface area contributed by atoms with Crippen LogP contribution in [0.5, 0.6) is 0 Å². The SMILES string of the molecule is Cc1ccccc1Cc1nc(C)c(C)c(N)n1. The third-order valence-corrected chi connectivity index (χ3v) is 3.08. The summed E-state index contributed by atoms with van der Waals surface area (Å²) < 4.78 is 0. The summed E-state index contributed by atoms with van der Waals surface area (Å²) in [5.41, 5.74) is 10.3. The molecule has 0 saturated heterocycles. The lowest BCUT2D eigenvalue weighted by molar-refractivity contribution is 0.929. The molecule has 17 heavy (non-hydrogen) atoms. The lowest BCUT2D eigenvalue weighted by Crippen LogP contribution is -2.06. The minimum Gasteiger partial charge on any atom is -0.383 e. The Morgan fingerprint density at radius 3 is 2.41 bits per heavy atom. The van der Waals surface area contributed by atoms with E-state index in [1.807, 2.05) is 26.0 Å². The van der Waals surface area contributed by atoms with Crippen molar-refractivity contribution in [1.82, 2.24) is 9.97 Å². The summed E-state index contributed by atoms with van der Waals surface area (Å²) in [7, 11) is 0. The summed E-state index contributed by atoms with van der Waals surface area (Å²) in [6.07, 6.45) is 0.734. The predicted molar refractivity (Wildman–Crippen MR) is 69.9 cm³/mol. The molecule has 3 heteroatoms. The van der Waals surface area contributed by atoms with Gasteiger partial charge in [0, 0.05) is 17.7 Å². The third-order valence-electron chi connectivity index (χ3n) is 3.08. The lowest BCUT2D eigenvalue weighted by Gasteiger charge is -2.08. The van der Waals surface area contributed by atoms with E-state index in [1.54, 1.807) is 0 Å². The Labute approximate surface area is 102 Å². The van der Waals surface area contributed by atoms with Gasteiger partial charge >= 0.3 is 0 Å². The molecule has 0 radical (unpaired) electrons. The average Bonchev–Trinajstić information content (AvgIpc) is 2.29. The van der Waals surface area contributed by atoms with Gasteiger partial charge in [-0.15, -0.1) is 0 Å². The zero-order chi connectivity index (χ0) is 12.4. The maximum atomic E-state index is 5.86. The Morgan fingerprint density at radius 1 is 1.06 bits per heavy atom. The highest BCUT2D eigenvalue weighted by molar-refractivity contribution is 5.41. The highest BCUT2D eigenvalue weighted by Crippen LogP contribution is 2.15. The predicted octanol–water partition coefficient (Wildman–Crippen LogP) is 2.57. The molecule has 0 aliphatic carbocycles. The summed E-state index contributed by atoms with van der Waals surface area (Å²) in [6.45, 7) is 6.01. The largest absolute Gasteiger partial charge is 0.383 e. The zero-order valence-electron chi connectivity index (χ0n) is 10.5. The van der Waals surface area contributed by atoms with Crippen LogP contribution < -0.4 is 5.73 Å². The monoisotopic (exact) mass is 227 g/mol. The molecule has 0 bridgehead atoms. The highest BCUT2D eigenvalue weighted by Gasteiger charge is 2.07. The smallest absolute Gasteiger partial charge is 0.135 e. The molecule has 2 N–H and O–H groups in total. The maximum absolute atomic E-state index is 5.86. The molecular formula is C14H17N3. The fraction of sp³-hybridized carbons (Fsp3) is 0.286. The van der Waals surface area contributed by atoms with Crippen molar-refractivity contribution in [3.63, 3.8) is 0 Å². The Hall–Kier alpha value is -1.90. The number of rotatable bonds is 2. The molecule has 2 aromatic rings. The van der Waals surface area contributed by atoms with Crippen molar-refractivity contribution >= 4 is 5.82 Å². The third kappa shape index (κ3) is 2.44. The van der Waals surface area contributed by atoms with Crippen LogP contribution in [0.25, 0.3) is 0 Å². The number of benzene rings is 1. The van der Waals surface area contributed by atoms with Gasteiger partial charge < -0.3 is 5.73 Å². The van der Waals surface area contributed by atoms with Crippen molar-refractivity contribution in [2.24, 2.45) is 0 Å². The molecule has 0 amide bonds. The fourth-order valence-electron chi connectivity index (χ4n) is 1.77. The second-order valence-corrected chi connectivity index (χ2v) is 4.34. The first kappa shape index (κ1) is 11.6. The topological polar surface area (TPSA) is 51.8 Å². The Balaban J connectivity index is 2.34. The maximum Gasteiger partial charge on any atom is 0.135 e. The van der Waals surface area contributed by atoms with Crippen molar-refractivity contribution in [3.05, 3.63) is 52.5 Å². The van der Waals surface area contributed by atoms with Crippen molar-refractivity contribution < 1.29 is 0 Å². The molecular weight excluding hydrogens is 210 g/mol. The standard InChI is InChI=1S/C14H17N3/c1-9-6-4-5-7-12(9)8-13-16-11(3)10(2)14(15)17-13/h4-7H,8H2,1-3H3,(H2,15,16,17). The van der Waals surface area contributed by atoms with Crippen molar-refractivity contribution in [2.45, 2.75) is 27.2 Å². The van der Waals surface area contributed by atoms with Crippen LogP contribution in [-0.4, -0.2) is 9.97 Å². The van der Waals surface area contributed by atoms with Crippen molar-refractivity contribution in [3.8, 4) is 0 Å². The molecule has 0 unspecified atom stereocenters. The Kier molecular flexibility index (Phi) is 3.09. The molecule has 0 fully saturated rings. The number of aryl methyl sites for hydroxylation is 2. The second kappa shape index (κ2) is 4.53. The number of hydrogen-bond donors (Lipinski definition) is 1. The average molecular weight is 227 g/mol. The molecule has 1 heterocycles. The number of anilines is 1. The first-order valence-corrected chi connectivity index (χ1v) is 5.72. The van der Waals surface area contributed by atoms with Gasteiger partial charge in [-0.1, -0.05) is 24.3 Å². The van der Waals surface area contributed by atoms with Gasteiger partial charge in [0.2, 0.25) is 0 Å². The number of nitrogens with zero attached hydrogens (tertiary/aromatic N) is 2. The van der Waals surface area contributed by atoms with Crippen molar-refractivity contribution in [1.29, 1.82) is 0 Å². The molecule has 0 saturated carbocycles. The van der Waals surface area contributed by atoms with E-state index in [9.17, 15) is 0 Å². The Morgan fingerprint density at radius 2 is 1.76 bits per heavy atom. The van der Waals surface area contributed by atoms with E-state index in [0.29, 0.717) is 5.82 Å². The van der Waals surface area contributed by atoms with E-state index >= 15 is 0 Å². The van der Waals surface area contributed by atoms with E-state index in [0.717, 1.165) is 23.5 Å². The van der Waals surface area contributed by atoms with E-state index in [1.165, 1.54) is 11.1 Å².